The lowest BCUT2D eigenvalue weighted by Crippen LogP contribution is -2.27. The molecule has 1 aromatic carbocycles. The van der Waals surface area contributed by atoms with Gasteiger partial charge in [-0.3, -0.25) is 9.59 Å². The molecule has 0 aliphatic carbocycles. The zero-order valence-electron chi connectivity index (χ0n) is 8.66. The Hall–Kier alpha value is -1.16. The molecule has 0 aliphatic heterocycles. The normalized spacial score (nSPS) is 9.80. The zero-order chi connectivity index (χ0) is 11.4. The maximum atomic E-state index is 11.0. The lowest BCUT2D eigenvalue weighted by atomic mass is 10.2. The summed E-state index contributed by atoms with van der Waals surface area (Å²) in [4.78, 5) is 23.2. The van der Waals surface area contributed by atoms with E-state index in [4.69, 9.17) is 0 Å². The molecule has 0 unspecified atom stereocenters. The van der Waals surface area contributed by atoms with Crippen molar-refractivity contribution in [2.75, 3.05) is 11.4 Å². The Bertz CT molecular complexity index is 390. The zero-order valence-corrected chi connectivity index (χ0v) is 10.2. The van der Waals surface area contributed by atoms with E-state index in [1.54, 1.807) is 0 Å². The van der Waals surface area contributed by atoms with Crippen molar-refractivity contribution in [3.63, 3.8) is 0 Å². The van der Waals surface area contributed by atoms with E-state index in [9.17, 15) is 9.59 Å². The van der Waals surface area contributed by atoms with E-state index in [2.05, 4.69) is 15.9 Å². The van der Waals surface area contributed by atoms with Crippen LogP contribution in [-0.4, -0.2) is 18.7 Å². The quantitative estimate of drug-likeness (QED) is 0.787. The van der Waals surface area contributed by atoms with Crippen molar-refractivity contribution in [2.24, 2.45) is 0 Å². The van der Waals surface area contributed by atoms with Gasteiger partial charge in [0.05, 0.1) is 6.54 Å². The summed E-state index contributed by atoms with van der Waals surface area (Å²) >= 11 is 3.34. The van der Waals surface area contributed by atoms with E-state index in [1.165, 1.54) is 11.8 Å². The molecule has 0 saturated heterocycles. The highest BCUT2D eigenvalue weighted by Gasteiger charge is 2.10. The molecule has 0 radical (unpaired) electrons. The number of benzene rings is 1. The molecule has 3 nitrogen and oxygen atoms in total. The van der Waals surface area contributed by atoms with Crippen LogP contribution < -0.4 is 4.90 Å². The Morgan fingerprint density at radius 3 is 2.67 bits per heavy atom. The SMILES string of the molecule is CC(=O)CN(C=O)c1ccc(Br)cc1C. The molecule has 4 heteroatoms. The molecule has 1 amide bonds. The van der Waals surface area contributed by atoms with Crippen LogP contribution in [0.25, 0.3) is 0 Å². The van der Waals surface area contributed by atoms with Crippen molar-refractivity contribution in [3.05, 3.63) is 28.2 Å². The van der Waals surface area contributed by atoms with Gasteiger partial charge in [0, 0.05) is 10.2 Å². The van der Waals surface area contributed by atoms with Crippen molar-refractivity contribution in [2.45, 2.75) is 13.8 Å². The largest absolute Gasteiger partial charge is 0.307 e. The highest BCUT2D eigenvalue weighted by atomic mass is 79.9. The average Bonchev–Trinajstić information content (AvgIpc) is 2.14. The summed E-state index contributed by atoms with van der Waals surface area (Å²) in [6, 6.07) is 5.57. The van der Waals surface area contributed by atoms with Crippen molar-refractivity contribution in [3.8, 4) is 0 Å². The monoisotopic (exact) mass is 269 g/mol. The van der Waals surface area contributed by atoms with Crippen molar-refractivity contribution in [1.82, 2.24) is 0 Å². The van der Waals surface area contributed by atoms with Gasteiger partial charge in [-0.15, -0.1) is 0 Å². The summed E-state index contributed by atoms with van der Waals surface area (Å²) < 4.78 is 0.956. The molecule has 0 aliphatic rings. The Kier molecular flexibility index (Phi) is 4.03. The van der Waals surface area contributed by atoms with Crippen molar-refractivity contribution < 1.29 is 9.59 Å². The number of nitrogens with zero attached hydrogens (tertiary/aromatic N) is 1. The van der Waals surface area contributed by atoms with Crippen LogP contribution >= 0.6 is 15.9 Å². The number of hydrogen-bond donors (Lipinski definition) is 0. The van der Waals surface area contributed by atoms with Gasteiger partial charge in [-0.05, 0) is 37.6 Å². The fourth-order valence-corrected chi connectivity index (χ4v) is 1.84. The van der Waals surface area contributed by atoms with Crippen LogP contribution in [0.1, 0.15) is 12.5 Å². The summed E-state index contributed by atoms with van der Waals surface area (Å²) in [6.45, 7) is 3.48. The minimum absolute atomic E-state index is 0.0376. The van der Waals surface area contributed by atoms with Crippen LogP contribution in [0.3, 0.4) is 0 Å². The third kappa shape index (κ3) is 3.16. The maximum Gasteiger partial charge on any atom is 0.214 e. The van der Waals surface area contributed by atoms with Gasteiger partial charge >= 0.3 is 0 Å². The Labute approximate surface area is 97.2 Å². The van der Waals surface area contributed by atoms with Crippen LogP contribution in [0.4, 0.5) is 5.69 Å². The molecule has 0 aromatic heterocycles. The smallest absolute Gasteiger partial charge is 0.214 e. The predicted octanol–water partition coefficient (Wildman–Crippen LogP) is 2.31. The fraction of sp³-hybridized carbons (Fsp3) is 0.273. The number of Topliss-reactive ketones (excluding diaryl/α,β-unsaturated/α-hetero) is 1. The number of hydrogen-bond acceptors (Lipinski definition) is 2. The molecular weight excluding hydrogens is 258 g/mol. The Morgan fingerprint density at radius 1 is 1.53 bits per heavy atom. The predicted molar refractivity (Wildman–Crippen MR) is 63.0 cm³/mol. The van der Waals surface area contributed by atoms with Gasteiger partial charge in [0.2, 0.25) is 6.41 Å². The maximum absolute atomic E-state index is 11.0. The Morgan fingerprint density at radius 2 is 2.20 bits per heavy atom. The van der Waals surface area contributed by atoms with E-state index in [0.29, 0.717) is 6.41 Å². The number of aryl methyl sites for hydroxylation is 1. The minimum Gasteiger partial charge on any atom is -0.307 e. The van der Waals surface area contributed by atoms with Gasteiger partial charge in [-0.1, -0.05) is 15.9 Å². The number of carbonyl (C=O) groups is 2. The van der Waals surface area contributed by atoms with Gasteiger partial charge in [-0.25, -0.2) is 0 Å². The van der Waals surface area contributed by atoms with Crippen LogP contribution in [-0.2, 0) is 9.59 Å². The second kappa shape index (κ2) is 5.07. The topological polar surface area (TPSA) is 37.4 Å². The first-order chi connectivity index (χ1) is 7.04. The highest BCUT2D eigenvalue weighted by molar-refractivity contribution is 9.10. The summed E-state index contributed by atoms with van der Waals surface area (Å²) in [7, 11) is 0. The first-order valence-corrected chi connectivity index (χ1v) is 5.31. The number of rotatable bonds is 4. The molecule has 0 atom stereocenters. The number of halogens is 1. The standard InChI is InChI=1S/C11H12BrNO2/c1-8-5-10(12)3-4-11(8)13(7-14)6-9(2)15/h3-5,7H,6H2,1-2H3. The Balaban J connectivity index is 3.01. The molecule has 0 bridgehead atoms. The van der Waals surface area contributed by atoms with Crippen molar-refractivity contribution >= 4 is 33.8 Å². The molecular formula is C11H12BrNO2. The average molecular weight is 270 g/mol. The van der Waals surface area contributed by atoms with Crippen LogP contribution in [0.5, 0.6) is 0 Å². The molecule has 0 saturated carbocycles. The van der Waals surface area contributed by atoms with E-state index < -0.39 is 0 Å². The van der Waals surface area contributed by atoms with E-state index in [1.807, 2.05) is 25.1 Å². The number of amides is 1. The van der Waals surface area contributed by atoms with Crippen LogP contribution in [0.2, 0.25) is 0 Å². The van der Waals surface area contributed by atoms with Gasteiger partial charge in [-0.2, -0.15) is 0 Å². The van der Waals surface area contributed by atoms with E-state index >= 15 is 0 Å². The second-order valence-electron chi connectivity index (χ2n) is 3.37. The summed E-state index contributed by atoms with van der Waals surface area (Å²) in [6.07, 6.45) is 0.678. The lowest BCUT2D eigenvalue weighted by Gasteiger charge is -2.18. The van der Waals surface area contributed by atoms with Gasteiger partial charge in [0.15, 0.2) is 0 Å². The molecule has 0 spiro atoms. The number of anilines is 1. The summed E-state index contributed by atoms with van der Waals surface area (Å²) in [5, 5.41) is 0. The van der Waals surface area contributed by atoms with Crippen molar-refractivity contribution in [1.29, 1.82) is 0 Å². The molecule has 0 heterocycles. The molecule has 0 fully saturated rings. The molecule has 0 N–H and O–H groups in total. The first-order valence-electron chi connectivity index (χ1n) is 4.52. The minimum atomic E-state index is -0.0376. The highest BCUT2D eigenvalue weighted by Crippen LogP contribution is 2.22. The fourth-order valence-electron chi connectivity index (χ4n) is 1.36. The van der Waals surface area contributed by atoms with Gasteiger partial charge < -0.3 is 4.90 Å². The molecule has 1 aromatic rings. The molecule has 80 valence electrons. The third-order valence-electron chi connectivity index (χ3n) is 1.99. The number of carbonyl (C=O) groups excluding carboxylic acids is 2. The van der Waals surface area contributed by atoms with Crippen LogP contribution in [0, 0.1) is 6.92 Å². The summed E-state index contributed by atoms with van der Waals surface area (Å²) in [5.41, 5.74) is 1.72. The van der Waals surface area contributed by atoms with Gasteiger partial charge in [0.25, 0.3) is 0 Å². The van der Waals surface area contributed by atoms with E-state index in [0.717, 1.165) is 15.7 Å². The second-order valence-corrected chi connectivity index (χ2v) is 4.28. The van der Waals surface area contributed by atoms with E-state index in [-0.39, 0.29) is 12.3 Å². The summed E-state index contributed by atoms with van der Waals surface area (Å²) in [5.74, 6) is -0.0376. The first kappa shape index (κ1) is 11.9. The van der Waals surface area contributed by atoms with Crippen LogP contribution in [0.15, 0.2) is 22.7 Å². The van der Waals surface area contributed by atoms with Gasteiger partial charge in [0.1, 0.15) is 5.78 Å². The lowest BCUT2D eigenvalue weighted by molar-refractivity contribution is -0.117. The third-order valence-corrected chi connectivity index (χ3v) is 2.48. The molecule has 1 rings (SSSR count). The number of ketones is 1. The molecule has 15 heavy (non-hydrogen) atoms.